The van der Waals surface area contributed by atoms with E-state index in [0.717, 1.165) is 49.0 Å². The largest absolute Gasteiger partial charge is 0.341 e. The van der Waals surface area contributed by atoms with Crippen molar-refractivity contribution in [3.05, 3.63) is 42.0 Å². The lowest BCUT2D eigenvalue weighted by molar-refractivity contribution is -0.120. The number of hydrogen-bond acceptors (Lipinski definition) is 5. The first-order chi connectivity index (χ1) is 11.1. The number of rotatable bonds is 3. The molecular formula is C17H21N5O. The first kappa shape index (κ1) is 15.4. The molecule has 3 rings (SSSR count). The minimum absolute atomic E-state index is 0.0253. The molecule has 0 aromatic carbocycles. The molecule has 0 aliphatic carbocycles. The van der Waals surface area contributed by atoms with Gasteiger partial charge in [0.2, 0.25) is 11.9 Å². The molecule has 0 spiro atoms. The van der Waals surface area contributed by atoms with Gasteiger partial charge in [-0.1, -0.05) is 0 Å². The SMILES string of the molecule is Cc1cc(C)nc(N2CCC(C(=O)Nc3cccnc3)CC2)n1. The maximum absolute atomic E-state index is 12.3. The van der Waals surface area contributed by atoms with Crippen molar-refractivity contribution in [2.45, 2.75) is 26.7 Å². The Bertz CT molecular complexity index is 660. The lowest BCUT2D eigenvalue weighted by Crippen LogP contribution is -2.39. The van der Waals surface area contributed by atoms with Crippen LogP contribution >= 0.6 is 0 Å². The Balaban J connectivity index is 1.58. The van der Waals surface area contributed by atoms with E-state index in [4.69, 9.17) is 0 Å². The summed E-state index contributed by atoms with van der Waals surface area (Å²) in [5.41, 5.74) is 2.70. The zero-order valence-corrected chi connectivity index (χ0v) is 13.5. The molecule has 23 heavy (non-hydrogen) atoms. The molecule has 1 fully saturated rings. The van der Waals surface area contributed by atoms with Gasteiger partial charge in [0.1, 0.15) is 0 Å². The van der Waals surface area contributed by atoms with Gasteiger partial charge < -0.3 is 10.2 Å². The van der Waals surface area contributed by atoms with Crippen LogP contribution in [0.5, 0.6) is 0 Å². The Morgan fingerprint density at radius 1 is 1.22 bits per heavy atom. The van der Waals surface area contributed by atoms with Crippen molar-refractivity contribution in [2.24, 2.45) is 5.92 Å². The van der Waals surface area contributed by atoms with E-state index in [2.05, 4.69) is 25.2 Å². The average molecular weight is 311 g/mol. The zero-order chi connectivity index (χ0) is 16.2. The number of aryl methyl sites for hydroxylation is 2. The second-order valence-electron chi connectivity index (χ2n) is 5.94. The van der Waals surface area contributed by atoms with Crippen LogP contribution in [-0.4, -0.2) is 33.9 Å². The van der Waals surface area contributed by atoms with E-state index in [1.54, 1.807) is 12.4 Å². The van der Waals surface area contributed by atoms with Crippen LogP contribution in [0.25, 0.3) is 0 Å². The Morgan fingerprint density at radius 3 is 2.52 bits per heavy atom. The Kier molecular flexibility index (Phi) is 4.50. The molecule has 1 aliphatic rings. The summed E-state index contributed by atoms with van der Waals surface area (Å²) < 4.78 is 0. The van der Waals surface area contributed by atoms with Crippen LogP contribution in [0, 0.1) is 19.8 Å². The predicted molar refractivity (Wildman–Crippen MR) is 89.3 cm³/mol. The summed E-state index contributed by atoms with van der Waals surface area (Å²) in [6, 6.07) is 5.64. The maximum Gasteiger partial charge on any atom is 0.227 e. The summed E-state index contributed by atoms with van der Waals surface area (Å²) in [5, 5.41) is 2.93. The number of pyridine rings is 1. The van der Waals surface area contributed by atoms with Gasteiger partial charge in [0.05, 0.1) is 11.9 Å². The molecule has 0 radical (unpaired) electrons. The monoisotopic (exact) mass is 311 g/mol. The average Bonchev–Trinajstić information content (AvgIpc) is 2.55. The topological polar surface area (TPSA) is 71.0 Å². The van der Waals surface area contributed by atoms with Gasteiger partial charge in [0.25, 0.3) is 0 Å². The fraction of sp³-hybridized carbons (Fsp3) is 0.412. The van der Waals surface area contributed by atoms with Gasteiger partial charge >= 0.3 is 0 Å². The van der Waals surface area contributed by atoms with Gasteiger partial charge in [0, 0.05) is 36.6 Å². The maximum atomic E-state index is 12.3. The summed E-state index contributed by atoms with van der Waals surface area (Å²) in [7, 11) is 0. The minimum Gasteiger partial charge on any atom is -0.341 e. The third kappa shape index (κ3) is 3.83. The normalized spacial score (nSPS) is 15.5. The quantitative estimate of drug-likeness (QED) is 0.942. The standard InChI is InChI=1S/C17H21N5O/c1-12-10-13(2)20-17(19-12)22-8-5-14(6-9-22)16(23)21-15-4-3-7-18-11-15/h3-4,7,10-11,14H,5-6,8-9H2,1-2H3,(H,21,23). The Labute approximate surface area is 136 Å². The highest BCUT2D eigenvalue weighted by Crippen LogP contribution is 2.22. The van der Waals surface area contributed by atoms with Crippen molar-refractivity contribution in [1.82, 2.24) is 15.0 Å². The smallest absolute Gasteiger partial charge is 0.227 e. The van der Waals surface area contributed by atoms with E-state index < -0.39 is 0 Å². The molecule has 0 saturated carbocycles. The van der Waals surface area contributed by atoms with Gasteiger partial charge in [-0.2, -0.15) is 0 Å². The molecule has 2 aromatic rings. The number of hydrogen-bond donors (Lipinski definition) is 1. The third-order valence-electron chi connectivity index (χ3n) is 4.05. The fourth-order valence-electron chi connectivity index (χ4n) is 2.87. The molecular weight excluding hydrogens is 290 g/mol. The summed E-state index contributed by atoms with van der Waals surface area (Å²) in [6.45, 7) is 5.56. The van der Waals surface area contributed by atoms with E-state index in [1.807, 2.05) is 32.0 Å². The van der Waals surface area contributed by atoms with Gasteiger partial charge in [-0.05, 0) is 44.9 Å². The van der Waals surface area contributed by atoms with Crippen molar-refractivity contribution in [3.8, 4) is 0 Å². The third-order valence-corrected chi connectivity index (χ3v) is 4.05. The molecule has 0 unspecified atom stereocenters. The van der Waals surface area contributed by atoms with E-state index in [0.29, 0.717) is 0 Å². The second kappa shape index (κ2) is 6.73. The molecule has 2 aromatic heterocycles. The highest BCUT2D eigenvalue weighted by molar-refractivity contribution is 5.92. The van der Waals surface area contributed by atoms with Crippen LogP contribution in [0.4, 0.5) is 11.6 Å². The molecule has 1 amide bonds. The van der Waals surface area contributed by atoms with E-state index in [9.17, 15) is 4.79 Å². The number of nitrogens with zero attached hydrogens (tertiary/aromatic N) is 4. The number of amides is 1. The lowest BCUT2D eigenvalue weighted by Gasteiger charge is -2.31. The van der Waals surface area contributed by atoms with Crippen molar-refractivity contribution < 1.29 is 4.79 Å². The number of nitrogens with one attached hydrogen (secondary N) is 1. The van der Waals surface area contributed by atoms with E-state index in [1.165, 1.54) is 0 Å². The molecule has 120 valence electrons. The van der Waals surface area contributed by atoms with Crippen molar-refractivity contribution in [1.29, 1.82) is 0 Å². The van der Waals surface area contributed by atoms with Crippen molar-refractivity contribution >= 4 is 17.5 Å². The van der Waals surface area contributed by atoms with Crippen molar-refractivity contribution in [2.75, 3.05) is 23.3 Å². The van der Waals surface area contributed by atoms with Crippen LogP contribution in [0.15, 0.2) is 30.6 Å². The number of carbonyl (C=O) groups excluding carboxylic acids is 1. The molecule has 1 N–H and O–H groups in total. The fourth-order valence-corrected chi connectivity index (χ4v) is 2.87. The van der Waals surface area contributed by atoms with Crippen LogP contribution in [0.2, 0.25) is 0 Å². The Hall–Kier alpha value is -2.50. The van der Waals surface area contributed by atoms with Crippen LogP contribution in [-0.2, 0) is 4.79 Å². The number of piperidine rings is 1. The minimum atomic E-state index is 0.0253. The predicted octanol–water partition coefficient (Wildman–Crippen LogP) is 2.34. The number of anilines is 2. The molecule has 0 bridgehead atoms. The van der Waals surface area contributed by atoms with Crippen LogP contribution < -0.4 is 10.2 Å². The van der Waals surface area contributed by atoms with Gasteiger partial charge in [-0.3, -0.25) is 9.78 Å². The molecule has 1 aliphatic heterocycles. The number of aromatic nitrogens is 3. The first-order valence-corrected chi connectivity index (χ1v) is 7.90. The summed E-state index contributed by atoms with van der Waals surface area (Å²) in [6.07, 6.45) is 4.97. The molecule has 1 saturated heterocycles. The molecule has 6 heteroatoms. The first-order valence-electron chi connectivity index (χ1n) is 7.90. The van der Waals surface area contributed by atoms with Crippen LogP contribution in [0.3, 0.4) is 0 Å². The molecule has 0 atom stereocenters. The molecule has 6 nitrogen and oxygen atoms in total. The highest BCUT2D eigenvalue weighted by atomic mass is 16.1. The van der Waals surface area contributed by atoms with Gasteiger partial charge in [-0.15, -0.1) is 0 Å². The second-order valence-corrected chi connectivity index (χ2v) is 5.94. The summed E-state index contributed by atoms with van der Waals surface area (Å²) in [4.78, 5) is 27.5. The van der Waals surface area contributed by atoms with Gasteiger partial charge in [-0.25, -0.2) is 9.97 Å². The van der Waals surface area contributed by atoms with Crippen LogP contribution in [0.1, 0.15) is 24.2 Å². The number of carbonyl (C=O) groups is 1. The zero-order valence-electron chi connectivity index (χ0n) is 13.5. The van der Waals surface area contributed by atoms with E-state index >= 15 is 0 Å². The summed E-state index contributed by atoms with van der Waals surface area (Å²) in [5.74, 6) is 0.866. The Morgan fingerprint density at radius 2 is 1.91 bits per heavy atom. The lowest BCUT2D eigenvalue weighted by atomic mass is 9.96. The summed E-state index contributed by atoms with van der Waals surface area (Å²) >= 11 is 0. The van der Waals surface area contributed by atoms with Crippen molar-refractivity contribution in [3.63, 3.8) is 0 Å². The van der Waals surface area contributed by atoms with Gasteiger partial charge in [0.15, 0.2) is 0 Å². The molecule has 3 heterocycles. The van der Waals surface area contributed by atoms with E-state index in [-0.39, 0.29) is 11.8 Å². The highest BCUT2D eigenvalue weighted by Gasteiger charge is 2.26.